The number of rotatable bonds is 3. The maximum absolute atomic E-state index is 12.6. The predicted molar refractivity (Wildman–Crippen MR) is 88.7 cm³/mol. The van der Waals surface area contributed by atoms with Crippen LogP contribution in [0.25, 0.3) is 0 Å². The van der Waals surface area contributed by atoms with Gasteiger partial charge in [-0.15, -0.1) is 0 Å². The van der Waals surface area contributed by atoms with Gasteiger partial charge in [-0.1, -0.05) is 0 Å². The second-order valence-electron chi connectivity index (χ2n) is 5.56. The molecule has 1 aromatic carbocycles. The number of pyridine rings is 1. The molecule has 0 saturated heterocycles. The minimum atomic E-state index is 0.0136. The molecule has 1 N–H and O–H groups in total. The molecule has 0 atom stereocenters. The van der Waals surface area contributed by atoms with Crippen molar-refractivity contribution in [2.45, 2.75) is 13.1 Å². The monoisotopic (exact) mass is 320 g/mol. The third-order valence-corrected chi connectivity index (χ3v) is 4.00. The molecule has 120 valence electrons. The molecule has 0 saturated carbocycles. The van der Waals surface area contributed by atoms with Crippen LogP contribution in [0, 0.1) is 0 Å². The highest BCUT2D eigenvalue weighted by Gasteiger charge is 2.22. The fourth-order valence-corrected chi connectivity index (χ4v) is 2.72. The lowest BCUT2D eigenvalue weighted by Crippen LogP contribution is -2.38. The van der Waals surface area contributed by atoms with E-state index in [2.05, 4.69) is 20.4 Å². The average molecular weight is 320 g/mol. The van der Waals surface area contributed by atoms with E-state index in [9.17, 15) is 4.79 Å². The number of carbonyl (C=O) groups is 1. The zero-order valence-electron chi connectivity index (χ0n) is 13.0. The Labute approximate surface area is 139 Å². The van der Waals surface area contributed by atoms with Crippen molar-refractivity contribution in [1.29, 1.82) is 0 Å². The average Bonchev–Trinajstić information content (AvgIpc) is 3.10. The van der Waals surface area contributed by atoms with Gasteiger partial charge in [-0.25, -0.2) is 9.67 Å². The molecule has 4 rings (SSSR count). The topological polar surface area (TPSA) is 75.9 Å². The molecule has 1 aliphatic rings. The Morgan fingerprint density at radius 1 is 1.00 bits per heavy atom. The standard InChI is InChI=1S/C17H16N6O/c24-17(22-9-10-23-16(11-22)19-12-20-23)13-1-3-14(4-2-13)21-15-5-7-18-8-6-15/h1-8,12H,9-11H2,(H,18,21). The lowest BCUT2D eigenvalue weighted by Gasteiger charge is -2.26. The molecule has 3 heterocycles. The van der Waals surface area contributed by atoms with Crippen molar-refractivity contribution in [3.63, 3.8) is 0 Å². The summed E-state index contributed by atoms with van der Waals surface area (Å²) in [6, 6.07) is 11.3. The molecule has 0 bridgehead atoms. The van der Waals surface area contributed by atoms with Crippen molar-refractivity contribution in [2.75, 3.05) is 11.9 Å². The molecule has 0 fully saturated rings. The summed E-state index contributed by atoms with van der Waals surface area (Å²) in [4.78, 5) is 22.6. The fraction of sp³-hybridized carbons (Fsp3) is 0.176. The highest BCUT2D eigenvalue weighted by molar-refractivity contribution is 5.94. The summed E-state index contributed by atoms with van der Waals surface area (Å²) in [5.74, 6) is 0.838. The largest absolute Gasteiger partial charge is 0.355 e. The summed E-state index contributed by atoms with van der Waals surface area (Å²) in [5.41, 5.74) is 2.55. The van der Waals surface area contributed by atoms with Gasteiger partial charge < -0.3 is 10.2 Å². The Kier molecular flexibility index (Phi) is 3.66. The number of benzene rings is 1. The van der Waals surface area contributed by atoms with E-state index in [4.69, 9.17) is 0 Å². The molecule has 24 heavy (non-hydrogen) atoms. The number of amides is 1. The van der Waals surface area contributed by atoms with Gasteiger partial charge in [0.15, 0.2) is 0 Å². The van der Waals surface area contributed by atoms with E-state index in [1.165, 1.54) is 6.33 Å². The summed E-state index contributed by atoms with van der Waals surface area (Å²) in [7, 11) is 0. The predicted octanol–water partition coefficient (Wildman–Crippen LogP) is 2.07. The van der Waals surface area contributed by atoms with Crippen molar-refractivity contribution in [3.05, 3.63) is 66.5 Å². The van der Waals surface area contributed by atoms with Crippen molar-refractivity contribution >= 4 is 17.3 Å². The third kappa shape index (κ3) is 2.83. The number of nitrogens with zero attached hydrogens (tertiary/aromatic N) is 5. The number of nitrogens with one attached hydrogen (secondary N) is 1. The van der Waals surface area contributed by atoms with Crippen molar-refractivity contribution < 1.29 is 4.79 Å². The van der Waals surface area contributed by atoms with Crippen LogP contribution in [0.2, 0.25) is 0 Å². The Morgan fingerprint density at radius 2 is 1.75 bits per heavy atom. The lowest BCUT2D eigenvalue weighted by atomic mass is 10.1. The zero-order chi connectivity index (χ0) is 16.4. The van der Waals surface area contributed by atoms with Crippen LogP contribution in [0.3, 0.4) is 0 Å². The van der Waals surface area contributed by atoms with E-state index >= 15 is 0 Å². The molecule has 7 nitrogen and oxygen atoms in total. The second-order valence-corrected chi connectivity index (χ2v) is 5.56. The normalized spacial score (nSPS) is 13.4. The fourth-order valence-electron chi connectivity index (χ4n) is 2.72. The Balaban J connectivity index is 1.46. The van der Waals surface area contributed by atoms with Crippen molar-refractivity contribution in [2.24, 2.45) is 0 Å². The van der Waals surface area contributed by atoms with Gasteiger partial charge in [0, 0.05) is 35.9 Å². The van der Waals surface area contributed by atoms with Gasteiger partial charge in [-0.2, -0.15) is 5.10 Å². The van der Waals surface area contributed by atoms with E-state index in [1.807, 2.05) is 41.1 Å². The lowest BCUT2D eigenvalue weighted by molar-refractivity contribution is 0.0702. The molecule has 1 aliphatic heterocycles. The van der Waals surface area contributed by atoms with E-state index in [0.29, 0.717) is 25.2 Å². The van der Waals surface area contributed by atoms with Crippen LogP contribution in [0.4, 0.5) is 11.4 Å². The second kappa shape index (κ2) is 6.11. The van der Waals surface area contributed by atoms with Crippen LogP contribution < -0.4 is 5.32 Å². The maximum atomic E-state index is 12.6. The first-order valence-corrected chi connectivity index (χ1v) is 7.73. The molecule has 2 aromatic heterocycles. The van der Waals surface area contributed by atoms with Crippen LogP contribution >= 0.6 is 0 Å². The van der Waals surface area contributed by atoms with E-state index in [-0.39, 0.29) is 5.91 Å². The molecule has 0 aliphatic carbocycles. The number of aromatic nitrogens is 4. The number of hydrogen-bond acceptors (Lipinski definition) is 5. The number of carbonyl (C=O) groups excluding carboxylic acids is 1. The van der Waals surface area contributed by atoms with E-state index in [1.54, 1.807) is 17.3 Å². The zero-order valence-corrected chi connectivity index (χ0v) is 13.0. The Morgan fingerprint density at radius 3 is 2.54 bits per heavy atom. The highest BCUT2D eigenvalue weighted by atomic mass is 16.2. The Hall–Kier alpha value is -3.22. The van der Waals surface area contributed by atoms with Gasteiger partial charge in [0.25, 0.3) is 5.91 Å². The molecule has 0 spiro atoms. The van der Waals surface area contributed by atoms with Crippen LogP contribution in [0.15, 0.2) is 55.1 Å². The smallest absolute Gasteiger partial charge is 0.254 e. The molecular weight excluding hydrogens is 304 g/mol. The van der Waals surface area contributed by atoms with Crippen molar-refractivity contribution in [1.82, 2.24) is 24.6 Å². The van der Waals surface area contributed by atoms with Crippen molar-refractivity contribution in [3.8, 4) is 0 Å². The van der Waals surface area contributed by atoms with Crippen LogP contribution in [-0.4, -0.2) is 37.1 Å². The summed E-state index contributed by atoms with van der Waals surface area (Å²) in [6.45, 7) is 1.82. The van der Waals surface area contributed by atoms with Gasteiger partial charge in [0.05, 0.1) is 13.1 Å². The minimum absolute atomic E-state index is 0.0136. The summed E-state index contributed by atoms with van der Waals surface area (Å²) in [5, 5.41) is 7.40. The first-order valence-electron chi connectivity index (χ1n) is 7.73. The quantitative estimate of drug-likeness (QED) is 0.799. The summed E-state index contributed by atoms with van der Waals surface area (Å²) >= 11 is 0. The first kappa shape index (κ1) is 14.4. The third-order valence-electron chi connectivity index (χ3n) is 4.00. The maximum Gasteiger partial charge on any atom is 0.254 e. The summed E-state index contributed by atoms with van der Waals surface area (Å²) in [6.07, 6.45) is 4.99. The highest BCUT2D eigenvalue weighted by Crippen LogP contribution is 2.18. The van der Waals surface area contributed by atoms with Crippen LogP contribution in [0.1, 0.15) is 16.2 Å². The molecule has 0 unspecified atom stereocenters. The SMILES string of the molecule is O=C(c1ccc(Nc2ccncc2)cc1)N1CCn2ncnc2C1. The number of hydrogen-bond donors (Lipinski definition) is 1. The molecular formula is C17H16N6O. The van der Waals surface area contributed by atoms with Gasteiger partial charge in [-0.3, -0.25) is 9.78 Å². The van der Waals surface area contributed by atoms with Gasteiger partial charge in [0.1, 0.15) is 12.2 Å². The van der Waals surface area contributed by atoms with E-state index in [0.717, 1.165) is 17.2 Å². The number of anilines is 2. The summed E-state index contributed by atoms with van der Waals surface area (Å²) < 4.78 is 1.84. The van der Waals surface area contributed by atoms with Crippen LogP contribution in [0.5, 0.6) is 0 Å². The molecule has 0 radical (unpaired) electrons. The van der Waals surface area contributed by atoms with Gasteiger partial charge in [-0.05, 0) is 36.4 Å². The van der Waals surface area contributed by atoms with Gasteiger partial charge in [0.2, 0.25) is 0 Å². The number of fused-ring (bicyclic) bond motifs is 1. The molecule has 3 aromatic rings. The molecule has 7 heteroatoms. The minimum Gasteiger partial charge on any atom is -0.355 e. The van der Waals surface area contributed by atoms with E-state index < -0.39 is 0 Å². The van der Waals surface area contributed by atoms with Gasteiger partial charge >= 0.3 is 0 Å². The first-order chi connectivity index (χ1) is 11.8. The Bertz CT molecular complexity index is 843. The molecule has 1 amide bonds. The van der Waals surface area contributed by atoms with Crippen LogP contribution in [-0.2, 0) is 13.1 Å².